The van der Waals surface area contributed by atoms with E-state index in [0.29, 0.717) is 12.0 Å². The van der Waals surface area contributed by atoms with E-state index in [1.165, 1.54) is 13.0 Å². The van der Waals surface area contributed by atoms with Gasteiger partial charge >= 0.3 is 5.97 Å². The molecule has 0 radical (unpaired) electrons. The van der Waals surface area contributed by atoms with Gasteiger partial charge in [0.15, 0.2) is 0 Å². The van der Waals surface area contributed by atoms with Crippen molar-refractivity contribution in [2.45, 2.75) is 58.7 Å². The number of allylic oxidation sites excluding steroid dienone is 1. The lowest BCUT2D eigenvalue weighted by Gasteiger charge is -2.65. The third kappa shape index (κ3) is 2.68. The van der Waals surface area contributed by atoms with Crippen LogP contribution in [0.15, 0.2) is 23.8 Å². The summed E-state index contributed by atoms with van der Waals surface area (Å²) in [6.45, 7) is 7.66. The summed E-state index contributed by atoms with van der Waals surface area (Å²) in [4.78, 5) is 24.7. The number of carbonyl (C=O) groups is 2. The third-order valence-corrected chi connectivity index (χ3v) is 7.61. The number of esters is 1. The number of hydrogen-bond donors (Lipinski definition) is 3. The number of aliphatic carboxylic acids is 1. The number of carbonyl (C=O) groups excluding carboxylic acids is 2. The Morgan fingerprint density at radius 3 is 2.40 bits per heavy atom. The van der Waals surface area contributed by atoms with Crippen molar-refractivity contribution in [2.75, 3.05) is 0 Å². The van der Waals surface area contributed by atoms with Gasteiger partial charge in [-0.3, -0.25) is 0 Å². The van der Waals surface area contributed by atoms with Crippen LogP contribution in [0.3, 0.4) is 0 Å². The molecule has 1 aromatic carbocycles. The highest BCUT2D eigenvalue weighted by atomic mass is 16.6. The monoisotopic (exact) mass is 415 g/mol. The minimum Gasteiger partial charge on any atom is -0.545 e. The molecule has 3 N–H and O–H groups in total. The van der Waals surface area contributed by atoms with Gasteiger partial charge < -0.3 is 30.0 Å². The highest BCUT2D eigenvalue weighted by molar-refractivity contribution is 5.95. The van der Waals surface area contributed by atoms with E-state index in [1.54, 1.807) is 6.08 Å². The average Bonchev–Trinajstić information content (AvgIpc) is 2.91. The fraction of sp³-hybridized carbons (Fsp3) is 0.565. The van der Waals surface area contributed by atoms with E-state index in [9.17, 15) is 30.0 Å². The largest absolute Gasteiger partial charge is 0.545 e. The number of aryl methyl sites for hydroxylation is 1. The van der Waals surface area contributed by atoms with E-state index in [2.05, 4.69) is 13.8 Å². The summed E-state index contributed by atoms with van der Waals surface area (Å²) in [6, 6.07) is 2.34. The van der Waals surface area contributed by atoms with Crippen LogP contribution in [0.1, 0.15) is 56.0 Å². The standard InChI is InChI=1S/C23H28O7/c1-11-5-13(24)7-16(25)18(11)20(28)30-17-10-22(4)15-9-21(2,3)8-12(15)6-14(19(26)27)23(17,22)29/h5-7,12,15,17,24-25,29H,8-10H2,1-4H3,(H,26,27)/p-1/t12-,15+,17-,22-,23+/m1/s1. The molecule has 2 fully saturated rings. The summed E-state index contributed by atoms with van der Waals surface area (Å²) < 4.78 is 5.53. The van der Waals surface area contributed by atoms with Crippen molar-refractivity contribution < 1.29 is 34.8 Å². The molecule has 7 heteroatoms. The maximum atomic E-state index is 12.8. The van der Waals surface area contributed by atoms with Gasteiger partial charge in [-0.15, -0.1) is 0 Å². The van der Waals surface area contributed by atoms with Gasteiger partial charge in [-0.1, -0.05) is 26.8 Å². The number of benzene rings is 1. The zero-order valence-electron chi connectivity index (χ0n) is 17.6. The van der Waals surface area contributed by atoms with Crippen molar-refractivity contribution in [1.29, 1.82) is 0 Å². The predicted octanol–water partition coefficient (Wildman–Crippen LogP) is 1.82. The number of rotatable bonds is 3. The second-order valence-electron chi connectivity index (χ2n) is 10.1. The molecule has 0 heterocycles. The Morgan fingerprint density at radius 1 is 1.13 bits per heavy atom. The van der Waals surface area contributed by atoms with Gasteiger partial charge in [0.25, 0.3) is 0 Å². The summed E-state index contributed by atoms with van der Waals surface area (Å²) in [6.07, 6.45) is 2.50. The number of phenols is 2. The zero-order valence-corrected chi connectivity index (χ0v) is 17.6. The lowest BCUT2D eigenvalue weighted by molar-refractivity contribution is -0.311. The van der Waals surface area contributed by atoms with Crippen LogP contribution in [0.2, 0.25) is 0 Å². The van der Waals surface area contributed by atoms with Crippen LogP contribution in [0.25, 0.3) is 0 Å². The van der Waals surface area contributed by atoms with E-state index in [1.807, 2.05) is 6.92 Å². The normalized spacial score (nSPS) is 36.2. The molecule has 7 nitrogen and oxygen atoms in total. The first-order valence-corrected chi connectivity index (χ1v) is 10.2. The van der Waals surface area contributed by atoms with Crippen molar-refractivity contribution >= 4 is 11.9 Å². The van der Waals surface area contributed by atoms with Crippen LogP contribution in [0.4, 0.5) is 0 Å². The van der Waals surface area contributed by atoms with Gasteiger partial charge in [-0.25, -0.2) is 4.79 Å². The highest BCUT2D eigenvalue weighted by Gasteiger charge is 2.72. The van der Waals surface area contributed by atoms with E-state index in [4.69, 9.17) is 4.74 Å². The fourth-order valence-electron chi connectivity index (χ4n) is 6.22. The Morgan fingerprint density at radius 2 is 1.80 bits per heavy atom. The van der Waals surface area contributed by atoms with Crippen LogP contribution < -0.4 is 5.11 Å². The molecule has 3 aliphatic carbocycles. The summed E-state index contributed by atoms with van der Waals surface area (Å²) >= 11 is 0. The number of carboxylic acids is 1. The molecule has 2 saturated carbocycles. The molecule has 5 atom stereocenters. The van der Waals surface area contributed by atoms with Crippen LogP contribution >= 0.6 is 0 Å². The van der Waals surface area contributed by atoms with Crippen LogP contribution in [-0.2, 0) is 9.53 Å². The molecule has 0 bridgehead atoms. The first-order chi connectivity index (χ1) is 13.8. The van der Waals surface area contributed by atoms with E-state index < -0.39 is 34.8 Å². The van der Waals surface area contributed by atoms with Gasteiger partial charge in [0.1, 0.15) is 28.8 Å². The minimum atomic E-state index is -1.86. The molecule has 0 spiro atoms. The number of phenolic OH excluding ortho intramolecular Hbond substituents is 2. The molecule has 4 rings (SSSR count). The summed E-state index contributed by atoms with van der Waals surface area (Å²) in [5.74, 6) is -2.88. The van der Waals surface area contributed by atoms with Crippen LogP contribution in [-0.4, -0.2) is 39.0 Å². The van der Waals surface area contributed by atoms with Crippen molar-refractivity contribution in [3.05, 3.63) is 34.9 Å². The SMILES string of the molecule is Cc1cc(O)cc(O)c1C(=O)O[C@@H]1C[C@]2(C)[C@H]3CC(C)(C)C[C@H]3C=C(C(=O)[O-])[C@]12O. The van der Waals surface area contributed by atoms with Crippen LogP contribution in [0, 0.1) is 29.6 Å². The number of aromatic hydroxyl groups is 2. The third-order valence-electron chi connectivity index (χ3n) is 7.61. The Hall–Kier alpha value is -2.54. The quantitative estimate of drug-likeness (QED) is 0.643. The van der Waals surface area contributed by atoms with Gasteiger partial charge in [0.05, 0.1) is 5.97 Å². The Labute approximate surface area is 175 Å². The van der Waals surface area contributed by atoms with Gasteiger partial charge in [0.2, 0.25) is 0 Å². The maximum absolute atomic E-state index is 12.8. The second-order valence-corrected chi connectivity index (χ2v) is 10.1. The van der Waals surface area contributed by atoms with Gasteiger partial charge in [0, 0.05) is 17.1 Å². The predicted molar refractivity (Wildman–Crippen MR) is 104 cm³/mol. The van der Waals surface area contributed by atoms with Crippen molar-refractivity contribution in [2.24, 2.45) is 22.7 Å². The number of ether oxygens (including phenoxy) is 1. The Kier molecular flexibility index (Phi) is 4.30. The molecular weight excluding hydrogens is 388 g/mol. The van der Waals surface area contributed by atoms with Crippen molar-refractivity contribution in [3.8, 4) is 11.5 Å². The average molecular weight is 415 g/mol. The molecule has 0 unspecified atom stereocenters. The summed E-state index contributed by atoms with van der Waals surface area (Å²) in [7, 11) is 0. The first-order valence-electron chi connectivity index (χ1n) is 10.2. The van der Waals surface area contributed by atoms with E-state index in [0.717, 1.165) is 18.9 Å². The Bertz CT molecular complexity index is 955. The van der Waals surface area contributed by atoms with E-state index >= 15 is 0 Å². The summed E-state index contributed by atoms with van der Waals surface area (Å²) in [5, 5.41) is 43.2. The second kappa shape index (κ2) is 6.23. The van der Waals surface area contributed by atoms with Crippen molar-refractivity contribution in [1.82, 2.24) is 0 Å². The van der Waals surface area contributed by atoms with Gasteiger partial charge in [-0.05, 0) is 55.1 Å². The van der Waals surface area contributed by atoms with Crippen molar-refractivity contribution in [3.63, 3.8) is 0 Å². The lowest BCUT2D eigenvalue weighted by atomic mass is 9.44. The molecule has 0 aromatic heterocycles. The number of hydrogen-bond acceptors (Lipinski definition) is 7. The number of carboxylic acid groups (broad SMARTS) is 1. The maximum Gasteiger partial charge on any atom is 0.342 e. The molecule has 30 heavy (non-hydrogen) atoms. The molecule has 162 valence electrons. The summed E-state index contributed by atoms with van der Waals surface area (Å²) in [5.41, 5.74) is -2.63. The topological polar surface area (TPSA) is 127 Å². The number of aliphatic hydroxyl groups is 1. The molecule has 3 aliphatic rings. The molecule has 0 amide bonds. The number of fused-ring (bicyclic) bond motifs is 3. The smallest absolute Gasteiger partial charge is 0.342 e. The first kappa shape index (κ1) is 20.7. The molecular formula is C23H27O7-. The minimum absolute atomic E-state index is 0.0217. The Balaban J connectivity index is 1.68. The van der Waals surface area contributed by atoms with Crippen LogP contribution in [0.5, 0.6) is 11.5 Å². The fourth-order valence-corrected chi connectivity index (χ4v) is 6.22. The molecule has 1 aromatic rings. The van der Waals surface area contributed by atoms with Gasteiger partial charge in [-0.2, -0.15) is 0 Å². The zero-order chi connectivity index (χ0) is 22.2. The highest BCUT2D eigenvalue weighted by Crippen LogP contribution is 2.68. The molecule has 0 saturated heterocycles. The van der Waals surface area contributed by atoms with E-state index in [-0.39, 0.29) is 34.1 Å². The lowest BCUT2D eigenvalue weighted by Crippen LogP contribution is -2.74. The molecule has 0 aliphatic heterocycles.